The van der Waals surface area contributed by atoms with Crippen LogP contribution in [-0.2, 0) is 21.6 Å². The Morgan fingerprint density at radius 2 is 2.18 bits per heavy atom. The molecule has 0 bridgehead atoms. The lowest BCUT2D eigenvalue weighted by atomic mass is 9.77. The minimum absolute atomic E-state index is 0.232. The lowest BCUT2D eigenvalue weighted by Gasteiger charge is -2.38. The first-order valence-corrected chi connectivity index (χ1v) is 8.13. The predicted octanol–water partition coefficient (Wildman–Crippen LogP) is 4.59. The summed E-state index contributed by atoms with van der Waals surface area (Å²) < 4.78 is 20.1. The van der Waals surface area contributed by atoms with Gasteiger partial charge in [-0.2, -0.15) is 0 Å². The van der Waals surface area contributed by atoms with Crippen molar-refractivity contribution in [3.05, 3.63) is 69.7 Å². The van der Waals surface area contributed by atoms with E-state index in [1.54, 1.807) is 13.0 Å². The van der Waals surface area contributed by atoms with E-state index < -0.39 is 11.6 Å². The number of rotatable bonds is 3. The summed E-state index contributed by atoms with van der Waals surface area (Å²) in [7, 11) is 0. The highest BCUT2D eigenvalue weighted by molar-refractivity contribution is 7.10. The van der Waals surface area contributed by atoms with Gasteiger partial charge < -0.3 is 4.74 Å². The number of hydrogen-bond donors (Lipinski definition) is 0. The van der Waals surface area contributed by atoms with Gasteiger partial charge in [-0.05, 0) is 49.3 Å². The van der Waals surface area contributed by atoms with Crippen LogP contribution in [0.3, 0.4) is 0 Å². The van der Waals surface area contributed by atoms with Crippen LogP contribution < -0.4 is 0 Å². The van der Waals surface area contributed by atoms with Crippen molar-refractivity contribution < 1.29 is 13.9 Å². The predicted molar refractivity (Wildman–Crippen MR) is 85.3 cm³/mol. The molecule has 2 aromatic rings. The van der Waals surface area contributed by atoms with Gasteiger partial charge >= 0.3 is 5.97 Å². The van der Waals surface area contributed by atoms with Crippen molar-refractivity contribution in [2.75, 3.05) is 0 Å². The van der Waals surface area contributed by atoms with Gasteiger partial charge in [-0.3, -0.25) is 0 Å². The molecule has 0 saturated heterocycles. The molecule has 4 heteroatoms. The van der Waals surface area contributed by atoms with E-state index in [2.05, 4.69) is 6.58 Å². The Hall–Kier alpha value is -1.94. The van der Waals surface area contributed by atoms with Crippen molar-refractivity contribution in [3.8, 4) is 0 Å². The maximum Gasteiger partial charge on any atom is 0.334 e. The molecule has 22 heavy (non-hydrogen) atoms. The van der Waals surface area contributed by atoms with Crippen LogP contribution in [0, 0.1) is 5.82 Å². The third kappa shape index (κ3) is 2.37. The monoisotopic (exact) mass is 316 g/mol. The molecule has 0 fully saturated rings. The van der Waals surface area contributed by atoms with Gasteiger partial charge in [0.25, 0.3) is 0 Å². The van der Waals surface area contributed by atoms with E-state index in [1.807, 2.05) is 23.6 Å². The minimum atomic E-state index is -0.903. The highest BCUT2D eigenvalue weighted by atomic mass is 32.1. The Balaban J connectivity index is 2.19. The third-order valence-corrected chi connectivity index (χ3v) is 5.06. The molecule has 0 saturated carbocycles. The fourth-order valence-corrected chi connectivity index (χ4v) is 3.91. The van der Waals surface area contributed by atoms with Gasteiger partial charge in [0.2, 0.25) is 0 Å². The number of carbonyl (C=O) groups excluding carboxylic acids is 1. The van der Waals surface area contributed by atoms with Crippen molar-refractivity contribution in [2.45, 2.75) is 31.8 Å². The molecule has 0 spiro atoms. The van der Waals surface area contributed by atoms with Crippen LogP contribution in [0.15, 0.2) is 47.9 Å². The number of carbonyl (C=O) groups is 1. The number of esters is 1. The second-order valence-corrected chi connectivity index (χ2v) is 6.54. The van der Waals surface area contributed by atoms with Gasteiger partial charge in [-0.15, -0.1) is 11.3 Å². The van der Waals surface area contributed by atoms with Crippen molar-refractivity contribution in [3.63, 3.8) is 0 Å². The van der Waals surface area contributed by atoms with Crippen LogP contribution in [0.25, 0.3) is 0 Å². The Labute approximate surface area is 133 Å². The van der Waals surface area contributed by atoms with Crippen LogP contribution in [0.4, 0.5) is 4.39 Å². The standard InChI is InChI=1S/C18H17FO2S/c1-12(2)17(20)21-18(16-9-5-11-22-16)10-4-6-13-14(18)7-3-8-15(13)19/h3,5,7-9,11H,1,4,6,10H2,2H3. The summed E-state index contributed by atoms with van der Waals surface area (Å²) in [5.41, 5.74) is 0.854. The maximum absolute atomic E-state index is 14.2. The highest BCUT2D eigenvalue weighted by Crippen LogP contribution is 2.46. The molecule has 0 N–H and O–H groups in total. The van der Waals surface area contributed by atoms with Crippen molar-refractivity contribution in [1.82, 2.24) is 0 Å². The fourth-order valence-electron chi connectivity index (χ4n) is 3.01. The molecule has 1 heterocycles. The van der Waals surface area contributed by atoms with E-state index in [-0.39, 0.29) is 5.82 Å². The number of benzene rings is 1. The second kappa shape index (κ2) is 5.69. The second-order valence-electron chi connectivity index (χ2n) is 5.59. The molecule has 1 aliphatic carbocycles. The van der Waals surface area contributed by atoms with Crippen molar-refractivity contribution >= 4 is 17.3 Å². The normalized spacial score (nSPS) is 20.3. The minimum Gasteiger partial charge on any atom is -0.445 e. The van der Waals surface area contributed by atoms with E-state index >= 15 is 0 Å². The molecule has 1 aromatic heterocycles. The first-order chi connectivity index (χ1) is 10.5. The molecule has 0 amide bonds. The first-order valence-electron chi connectivity index (χ1n) is 7.25. The number of hydrogen-bond acceptors (Lipinski definition) is 3. The Kier molecular flexibility index (Phi) is 3.87. The molecule has 114 valence electrons. The molecule has 2 nitrogen and oxygen atoms in total. The number of halogens is 1. The SMILES string of the molecule is C=C(C)C(=O)OC1(c2cccs2)CCCc2c(F)cccc21. The van der Waals surface area contributed by atoms with Gasteiger partial charge in [0, 0.05) is 11.1 Å². The summed E-state index contributed by atoms with van der Waals surface area (Å²) in [6, 6.07) is 8.86. The summed E-state index contributed by atoms with van der Waals surface area (Å²) in [6.07, 6.45) is 2.10. The molecule has 1 unspecified atom stereocenters. The smallest absolute Gasteiger partial charge is 0.334 e. The summed E-state index contributed by atoms with van der Waals surface area (Å²) in [4.78, 5) is 13.1. The summed E-state index contributed by atoms with van der Waals surface area (Å²) >= 11 is 1.52. The Morgan fingerprint density at radius 3 is 2.86 bits per heavy atom. The fraction of sp³-hybridized carbons (Fsp3) is 0.278. The topological polar surface area (TPSA) is 26.3 Å². The van der Waals surface area contributed by atoms with E-state index in [1.165, 1.54) is 17.4 Å². The highest BCUT2D eigenvalue weighted by Gasteiger charge is 2.43. The largest absolute Gasteiger partial charge is 0.445 e. The summed E-state index contributed by atoms with van der Waals surface area (Å²) in [5, 5.41) is 1.94. The molecular weight excluding hydrogens is 299 g/mol. The molecular formula is C18H17FO2S. The zero-order valence-electron chi connectivity index (χ0n) is 12.4. The number of thiophene rings is 1. The van der Waals surface area contributed by atoms with E-state index in [9.17, 15) is 9.18 Å². The number of ether oxygens (including phenoxy) is 1. The van der Waals surface area contributed by atoms with Gasteiger partial charge in [-0.1, -0.05) is 24.8 Å². The zero-order valence-corrected chi connectivity index (χ0v) is 13.2. The van der Waals surface area contributed by atoms with Crippen molar-refractivity contribution in [2.24, 2.45) is 0 Å². The average Bonchev–Trinajstić information content (AvgIpc) is 3.03. The van der Waals surface area contributed by atoms with Crippen LogP contribution in [-0.4, -0.2) is 5.97 Å². The van der Waals surface area contributed by atoms with Crippen LogP contribution in [0.1, 0.15) is 35.8 Å². The maximum atomic E-state index is 14.2. The zero-order chi connectivity index (χ0) is 15.7. The lowest BCUT2D eigenvalue weighted by Crippen LogP contribution is -2.37. The van der Waals surface area contributed by atoms with E-state index in [4.69, 9.17) is 4.74 Å². The Morgan fingerprint density at radius 1 is 1.36 bits per heavy atom. The molecule has 0 radical (unpaired) electrons. The van der Waals surface area contributed by atoms with Crippen LogP contribution >= 0.6 is 11.3 Å². The number of fused-ring (bicyclic) bond motifs is 1. The lowest BCUT2D eigenvalue weighted by molar-refractivity contribution is -0.152. The first kappa shape index (κ1) is 15.0. The molecule has 0 aliphatic heterocycles. The quantitative estimate of drug-likeness (QED) is 0.612. The molecule has 1 aromatic carbocycles. The van der Waals surface area contributed by atoms with Gasteiger partial charge in [0.15, 0.2) is 5.60 Å². The third-order valence-electron chi connectivity index (χ3n) is 4.04. The van der Waals surface area contributed by atoms with Gasteiger partial charge in [-0.25, -0.2) is 9.18 Å². The molecule has 3 rings (SSSR count). The van der Waals surface area contributed by atoms with Crippen LogP contribution in [0.5, 0.6) is 0 Å². The van der Waals surface area contributed by atoms with E-state index in [0.717, 1.165) is 16.9 Å². The molecule has 1 aliphatic rings. The summed E-state index contributed by atoms with van der Waals surface area (Å²) in [5.74, 6) is -0.671. The molecule has 1 atom stereocenters. The van der Waals surface area contributed by atoms with Crippen LogP contribution in [0.2, 0.25) is 0 Å². The Bertz CT molecular complexity index is 721. The van der Waals surface area contributed by atoms with E-state index in [0.29, 0.717) is 24.0 Å². The van der Waals surface area contributed by atoms with Gasteiger partial charge in [0.1, 0.15) is 5.82 Å². The van der Waals surface area contributed by atoms with Gasteiger partial charge in [0.05, 0.1) is 4.88 Å². The summed E-state index contributed by atoms with van der Waals surface area (Å²) in [6.45, 7) is 5.29. The van der Waals surface area contributed by atoms with Crippen molar-refractivity contribution in [1.29, 1.82) is 0 Å². The average molecular weight is 316 g/mol.